The minimum Gasteiger partial charge on any atom is -0.494 e. The normalized spacial score (nSPS) is 12.6. The van der Waals surface area contributed by atoms with E-state index in [-0.39, 0.29) is 0 Å². The van der Waals surface area contributed by atoms with Crippen LogP contribution in [0.25, 0.3) is 0 Å². The zero-order chi connectivity index (χ0) is 21.1. The Kier molecular flexibility index (Phi) is 9.57. The topological polar surface area (TPSA) is 18.5 Å². The van der Waals surface area contributed by atoms with Crippen molar-refractivity contribution in [2.75, 3.05) is 13.2 Å². The lowest BCUT2D eigenvalue weighted by Crippen LogP contribution is -2.07. The van der Waals surface area contributed by atoms with Gasteiger partial charge in [-0.3, -0.25) is 0 Å². The highest BCUT2D eigenvalue weighted by Crippen LogP contribution is 2.22. The van der Waals surface area contributed by atoms with Crippen molar-refractivity contribution in [2.24, 2.45) is 11.3 Å². The van der Waals surface area contributed by atoms with Crippen LogP contribution in [0.2, 0.25) is 0 Å². The van der Waals surface area contributed by atoms with Crippen LogP contribution >= 0.6 is 0 Å². The van der Waals surface area contributed by atoms with Gasteiger partial charge in [0.05, 0.1) is 13.2 Å². The Morgan fingerprint density at radius 2 is 1.24 bits per heavy atom. The smallest absolute Gasteiger partial charge is 0.119 e. The molecule has 0 saturated heterocycles. The summed E-state index contributed by atoms with van der Waals surface area (Å²) >= 11 is 0. The largest absolute Gasteiger partial charge is 0.494 e. The molecule has 0 spiro atoms. The van der Waals surface area contributed by atoms with E-state index >= 15 is 0 Å². The fraction of sp³-hybridized carbons (Fsp3) is 0.556. The fourth-order valence-electron chi connectivity index (χ4n) is 3.26. The predicted molar refractivity (Wildman–Crippen MR) is 124 cm³/mol. The van der Waals surface area contributed by atoms with Crippen LogP contribution in [-0.2, 0) is 6.42 Å². The van der Waals surface area contributed by atoms with Crippen LogP contribution in [0.3, 0.4) is 0 Å². The van der Waals surface area contributed by atoms with Gasteiger partial charge in [-0.1, -0.05) is 65.3 Å². The SMILES string of the molecule is CCC(C)CCCOc1ccc(Cc2ccc(OCCCC(C)(C)C)cc2)cc1. The first kappa shape index (κ1) is 23.3. The van der Waals surface area contributed by atoms with Gasteiger partial charge in [0.25, 0.3) is 0 Å². The van der Waals surface area contributed by atoms with Gasteiger partial charge in [-0.25, -0.2) is 0 Å². The lowest BCUT2D eigenvalue weighted by atomic mass is 9.91. The van der Waals surface area contributed by atoms with Crippen LogP contribution in [0.5, 0.6) is 11.5 Å². The van der Waals surface area contributed by atoms with Crippen molar-refractivity contribution in [2.45, 2.75) is 73.1 Å². The van der Waals surface area contributed by atoms with Gasteiger partial charge in [0.1, 0.15) is 11.5 Å². The van der Waals surface area contributed by atoms with Gasteiger partial charge >= 0.3 is 0 Å². The van der Waals surface area contributed by atoms with E-state index in [4.69, 9.17) is 9.47 Å². The first-order chi connectivity index (χ1) is 13.9. The van der Waals surface area contributed by atoms with E-state index in [9.17, 15) is 0 Å². The first-order valence-corrected chi connectivity index (χ1v) is 11.3. The summed E-state index contributed by atoms with van der Waals surface area (Å²) in [4.78, 5) is 0. The van der Waals surface area contributed by atoms with Gasteiger partial charge in [0, 0.05) is 0 Å². The highest BCUT2D eigenvalue weighted by Gasteiger charge is 2.09. The monoisotopic (exact) mass is 396 g/mol. The molecule has 0 N–H and O–H groups in total. The second-order valence-electron chi connectivity index (χ2n) is 9.48. The van der Waals surface area contributed by atoms with Crippen LogP contribution in [0.15, 0.2) is 48.5 Å². The Morgan fingerprint density at radius 1 is 0.759 bits per heavy atom. The Morgan fingerprint density at radius 3 is 1.69 bits per heavy atom. The molecule has 2 aromatic carbocycles. The highest BCUT2D eigenvalue weighted by molar-refractivity contribution is 5.34. The maximum atomic E-state index is 5.87. The zero-order valence-corrected chi connectivity index (χ0v) is 19.2. The minimum absolute atomic E-state index is 0.376. The van der Waals surface area contributed by atoms with E-state index in [0.29, 0.717) is 5.41 Å². The summed E-state index contributed by atoms with van der Waals surface area (Å²) in [5, 5.41) is 0. The molecular weight excluding hydrogens is 356 g/mol. The summed E-state index contributed by atoms with van der Waals surface area (Å²) in [6.45, 7) is 13.0. The second kappa shape index (κ2) is 11.9. The molecule has 0 amide bonds. The molecule has 29 heavy (non-hydrogen) atoms. The molecule has 160 valence electrons. The maximum Gasteiger partial charge on any atom is 0.119 e. The molecule has 0 fully saturated rings. The zero-order valence-electron chi connectivity index (χ0n) is 19.2. The van der Waals surface area contributed by atoms with Gasteiger partial charge in [0.15, 0.2) is 0 Å². The van der Waals surface area contributed by atoms with Gasteiger partial charge in [-0.2, -0.15) is 0 Å². The molecule has 1 atom stereocenters. The Balaban J connectivity index is 1.72. The molecule has 0 radical (unpaired) electrons. The Labute approximate surface area is 178 Å². The molecule has 0 aliphatic carbocycles. The third kappa shape index (κ3) is 9.87. The van der Waals surface area contributed by atoms with Crippen molar-refractivity contribution in [1.82, 2.24) is 0 Å². The third-order valence-corrected chi connectivity index (χ3v) is 5.40. The number of hydrogen-bond acceptors (Lipinski definition) is 2. The van der Waals surface area contributed by atoms with Gasteiger partial charge in [-0.15, -0.1) is 0 Å². The molecule has 0 saturated carbocycles. The van der Waals surface area contributed by atoms with Crippen molar-refractivity contribution in [3.63, 3.8) is 0 Å². The minimum atomic E-state index is 0.376. The molecule has 0 aromatic heterocycles. The van der Waals surface area contributed by atoms with Crippen LogP contribution in [0, 0.1) is 11.3 Å². The Hall–Kier alpha value is -1.96. The van der Waals surface area contributed by atoms with Crippen molar-refractivity contribution >= 4 is 0 Å². The molecular formula is C27H40O2. The van der Waals surface area contributed by atoms with E-state index in [1.807, 2.05) is 0 Å². The van der Waals surface area contributed by atoms with Crippen molar-refractivity contribution in [3.8, 4) is 11.5 Å². The standard InChI is InChI=1S/C27H40O2/c1-6-22(2)9-7-19-28-25-14-10-23(11-15-25)21-24-12-16-26(17-13-24)29-20-8-18-27(3,4)5/h10-17,22H,6-9,18-21H2,1-5H3. The van der Waals surface area contributed by atoms with Crippen LogP contribution in [0.1, 0.15) is 77.8 Å². The van der Waals surface area contributed by atoms with Crippen LogP contribution in [0.4, 0.5) is 0 Å². The molecule has 2 aromatic rings. The molecule has 2 rings (SSSR count). The lowest BCUT2D eigenvalue weighted by molar-refractivity contribution is 0.269. The highest BCUT2D eigenvalue weighted by atomic mass is 16.5. The number of rotatable bonds is 12. The third-order valence-electron chi connectivity index (χ3n) is 5.40. The van der Waals surface area contributed by atoms with E-state index in [1.165, 1.54) is 30.4 Å². The summed E-state index contributed by atoms with van der Waals surface area (Å²) in [6, 6.07) is 17.0. The van der Waals surface area contributed by atoms with E-state index < -0.39 is 0 Å². The van der Waals surface area contributed by atoms with Crippen LogP contribution in [-0.4, -0.2) is 13.2 Å². The van der Waals surface area contributed by atoms with Crippen molar-refractivity contribution in [3.05, 3.63) is 59.7 Å². The summed E-state index contributed by atoms with van der Waals surface area (Å²) in [7, 11) is 0. The average molecular weight is 397 g/mol. The van der Waals surface area contributed by atoms with Gasteiger partial charge < -0.3 is 9.47 Å². The quantitative estimate of drug-likeness (QED) is 0.342. The number of benzene rings is 2. The first-order valence-electron chi connectivity index (χ1n) is 11.3. The molecule has 2 nitrogen and oxygen atoms in total. The predicted octanol–water partition coefficient (Wildman–Crippen LogP) is 7.69. The summed E-state index contributed by atoms with van der Waals surface area (Å²) in [5.74, 6) is 2.72. The second-order valence-corrected chi connectivity index (χ2v) is 9.48. The molecule has 1 unspecified atom stereocenters. The van der Waals surface area contributed by atoms with Crippen LogP contribution < -0.4 is 9.47 Å². The van der Waals surface area contributed by atoms with Gasteiger partial charge in [0.2, 0.25) is 0 Å². The molecule has 0 aliphatic rings. The van der Waals surface area contributed by atoms with E-state index in [2.05, 4.69) is 83.1 Å². The summed E-state index contributed by atoms with van der Waals surface area (Å²) < 4.78 is 11.7. The molecule has 0 aliphatic heterocycles. The van der Waals surface area contributed by atoms with Crippen molar-refractivity contribution < 1.29 is 9.47 Å². The molecule has 2 heteroatoms. The van der Waals surface area contributed by atoms with Crippen molar-refractivity contribution in [1.29, 1.82) is 0 Å². The number of hydrogen-bond donors (Lipinski definition) is 0. The molecule has 0 bridgehead atoms. The summed E-state index contributed by atoms with van der Waals surface area (Å²) in [6.07, 6.45) is 6.82. The lowest BCUT2D eigenvalue weighted by Gasteiger charge is -2.17. The molecule has 0 heterocycles. The average Bonchev–Trinajstić information content (AvgIpc) is 2.70. The van der Waals surface area contributed by atoms with E-state index in [0.717, 1.165) is 49.9 Å². The maximum absolute atomic E-state index is 5.87. The Bertz CT molecular complexity index is 680. The van der Waals surface area contributed by atoms with Gasteiger partial charge in [-0.05, 0) is 78.8 Å². The summed E-state index contributed by atoms with van der Waals surface area (Å²) in [5.41, 5.74) is 2.98. The fourth-order valence-corrected chi connectivity index (χ4v) is 3.26. The van der Waals surface area contributed by atoms with E-state index in [1.54, 1.807) is 0 Å². The number of ether oxygens (including phenoxy) is 2.